The Balaban J connectivity index is 1.30. The Bertz CT molecular complexity index is 758. The van der Waals surface area contributed by atoms with Crippen molar-refractivity contribution in [3.8, 4) is 0 Å². The van der Waals surface area contributed by atoms with Gasteiger partial charge in [0.2, 0.25) is 0 Å². The zero-order valence-corrected chi connectivity index (χ0v) is 14.7. The van der Waals surface area contributed by atoms with Gasteiger partial charge in [0, 0.05) is 19.2 Å². The van der Waals surface area contributed by atoms with Crippen molar-refractivity contribution >= 4 is 23.9 Å². The van der Waals surface area contributed by atoms with E-state index in [1.165, 1.54) is 31.9 Å². The SMILES string of the molecule is O=C1[C@@H]2[C@H](C(=O)N1N=Cc1ccc(N3CCCCCC3)o1)[C@H]1C=C[C@H]2C1. The van der Waals surface area contributed by atoms with Gasteiger partial charge in [-0.05, 0) is 37.2 Å². The number of allylic oxidation sites excluding steroid dienone is 2. The molecular weight excluding hydrogens is 330 g/mol. The summed E-state index contributed by atoms with van der Waals surface area (Å²) in [6.07, 6.45) is 11.5. The van der Waals surface area contributed by atoms with Crippen LogP contribution in [0.2, 0.25) is 0 Å². The van der Waals surface area contributed by atoms with E-state index in [2.05, 4.69) is 22.2 Å². The van der Waals surface area contributed by atoms with E-state index in [-0.39, 0.29) is 35.5 Å². The summed E-state index contributed by atoms with van der Waals surface area (Å²) in [7, 11) is 0. The van der Waals surface area contributed by atoms with E-state index in [4.69, 9.17) is 4.42 Å². The average Bonchev–Trinajstić information content (AvgIpc) is 3.37. The lowest BCUT2D eigenvalue weighted by atomic mass is 9.85. The van der Waals surface area contributed by atoms with Crippen LogP contribution in [0.4, 0.5) is 5.88 Å². The largest absolute Gasteiger partial charge is 0.440 e. The molecule has 1 aromatic heterocycles. The number of fused-ring (bicyclic) bond motifs is 5. The molecule has 0 spiro atoms. The van der Waals surface area contributed by atoms with Gasteiger partial charge in [-0.3, -0.25) is 9.59 Å². The minimum Gasteiger partial charge on any atom is -0.440 e. The smallest absolute Gasteiger partial charge is 0.254 e. The van der Waals surface area contributed by atoms with Crippen molar-refractivity contribution in [1.82, 2.24) is 5.01 Å². The third-order valence-electron chi connectivity index (χ3n) is 6.28. The highest BCUT2D eigenvalue weighted by Gasteiger charge is 2.59. The lowest BCUT2D eigenvalue weighted by Crippen LogP contribution is -2.28. The molecular formula is C20H23N3O3. The minimum atomic E-state index is -0.209. The van der Waals surface area contributed by atoms with Gasteiger partial charge in [-0.1, -0.05) is 25.0 Å². The van der Waals surface area contributed by atoms with E-state index in [0.29, 0.717) is 5.76 Å². The summed E-state index contributed by atoms with van der Waals surface area (Å²) in [4.78, 5) is 27.5. The molecule has 3 heterocycles. The summed E-state index contributed by atoms with van der Waals surface area (Å²) in [6, 6.07) is 3.79. The quantitative estimate of drug-likeness (QED) is 0.476. The molecule has 4 atom stereocenters. The summed E-state index contributed by atoms with van der Waals surface area (Å²) in [5, 5.41) is 5.25. The fourth-order valence-corrected chi connectivity index (χ4v) is 4.99. The third kappa shape index (κ3) is 2.42. The van der Waals surface area contributed by atoms with Crippen LogP contribution in [0.5, 0.6) is 0 Å². The number of hydrogen-bond acceptors (Lipinski definition) is 5. The topological polar surface area (TPSA) is 66.1 Å². The number of imide groups is 1. The van der Waals surface area contributed by atoms with E-state index >= 15 is 0 Å². The van der Waals surface area contributed by atoms with Gasteiger partial charge < -0.3 is 9.32 Å². The summed E-state index contributed by atoms with van der Waals surface area (Å²) in [5.74, 6) is 1.09. The van der Waals surface area contributed by atoms with Gasteiger partial charge >= 0.3 is 0 Å². The summed E-state index contributed by atoms with van der Waals surface area (Å²) in [5.41, 5.74) is 0. The van der Waals surface area contributed by atoms with Crippen LogP contribution in [0.25, 0.3) is 0 Å². The Morgan fingerprint density at radius 3 is 2.27 bits per heavy atom. The Morgan fingerprint density at radius 2 is 1.62 bits per heavy atom. The van der Waals surface area contributed by atoms with Crippen LogP contribution in [0.15, 0.2) is 33.8 Å². The van der Waals surface area contributed by atoms with Crippen molar-refractivity contribution in [3.05, 3.63) is 30.0 Å². The van der Waals surface area contributed by atoms with Gasteiger partial charge in [0.25, 0.3) is 11.8 Å². The van der Waals surface area contributed by atoms with Crippen molar-refractivity contribution in [1.29, 1.82) is 0 Å². The number of hydrazone groups is 1. The molecule has 3 fully saturated rings. The number of carbonyl (C=O) groups is 2. The number of amides is 2. The van der Waals surface area contributed by atoms with E-state index in [0.717, 1.165) is 30.4 Å². The number of nitrogens with zero attached hydrogens (tertiary/aromatic N) is 3. The summed E-state index contributed by atoms with van der Waals surface area (Å²) >= 11 is 0. The zero-order chi connectivity index (χ0) is 17.7. The van der Waals surface area contributed by atoms with Gasteiger partial charge in [0.15, 0.2) is 5.88 Å². The van der Waals surface area contributed by atoms with Gasteiger partial charge in [0.1, 0.15) is 5.76 Å². The van der Waals surface area contributed by atoms with Gasteiger partial charge in [-0.25, -0.2) is 0 Å². The molecule has 5 rings (SSSR count). The Kier molecular flexibility index (Phi) is 3.72. The molecule has 6 nitrogen and oxygen atoms in total. The highest BCUT2D eigenvalue weighted by Crippen LogP contribution is 2.52. The molecule has 1 saturated carbocycles. The van der Waals surface area contributed by atoms with Crippen LogP contribution in [-0.4, -0.2) is 36.1 Å². The first kappa shape index (κ1) is 15.9. The Labute approximate surface area is 152 Å². The Morgan fingerprint density at radius 1 is 0.962 bits per heavy atom. The molecule has 4 aliphatic rings. The molecule has 0 radical (unpaired) electrons. The van der Waals surface area contributed by atoms with Gasteiger partial charge in [0.05, 0.1) is 18.1 Å². The molecule has 6 heteroatoms. The van der Waals surface area contributed by atoms with Crippen LogP contribution in [0, 0.1) is 23.7 Å². The van der Waals surface area contributed by atoms with Crippen LogP contribution in [-0.2, 0) is 9.59 Å². The number of hydrogen-bond donors (Lipinski definition) is 0. The number of furan rings is 1. The second kappa shape index (κ2) is 6.11. The second-order valence-electron chi connectivity index (χ2n) is 7.81. The highest BCUT2D eigenvalue weighted by molar-refractivity contribution is 6.06. The van der Waals surface area contributed by atoms with Crippen molar-refractivity contribution in [2.24, 2.45) is 28.8 Å². The van der Waals surface area contributed by atoms with E-state index in [1.807, 2.05) is 12.1 Å². The molecule has 136 valence electrons. The van der Waals surface area contributed by atoms with Crippen LogP contribution in [0.1, 0.15) is 37.9 Å². The maximum Gasteiger partial charge on any atom is 0.254 e. The van der Waals surface area contributed by atoms with Crippen LogP contribution < -0.4 is 4.90 Å². The molecule has 0 unspecified atom stereocenters. The Hall–Kier alpha value is -2.37. The predicted octanol–water partition coefficient (Wildman–Crippen LogP) is 2.80. The zero-order valence-electron chi connectivity index (χ0n) is 14.7. The van der Waals surface area contributed by atoms with Crippen molar-refractivity contribution in [2.75, 3.05) is 18.0 Å². The fourth-order valence-electron chi connectivity index (χ4n) is 4.99. The molecule has 2 saturated heterocycles. The minimum absolute atomic E-state index is 0.160. The van der Waals surface area contributed by atoms with Crippen molar-refractivity contribution in [2.45, 2.75) is 32.1 Å². The van der Waals surface area contributed by atoms with E-state index in [1.54, 1.807) is 0 Å². The predicted molar refractivity (Wildman–Crippen MR) is 96.6 cm³/mol. The molecule has 2 aliphatic heterocycles. The standard InChI is InChI=1S/C20H23N3O3/c24-19-17-13-5-6-14(11-13)18(17)20(25)23(19)21-12-15-7-8-16(26-15)22-9-3-1-2-4-10-22/h5-8,12-14,17-18H,1-4,9-11H2/t13-,14-,17-,18+/m0/s1. The first-order chi connectivity index (χ1) is 12.7. The average molecular weight is 353 g/mol. The van der Waals surface area contributed by atoms with Gasteiger partial charge in [-0.2, -0.15) is 10.1 Å². The normalized spacial score (nSPS) is 33.5. The van der Waals surface area contributed by atoms with Crippen LogP contribution in [0.3, 0.4) is 0 Å². The van der Waals surface area contributed by atoms with Gasteiger partial charge in [-0.15, -0.1) is 0 Å². The molecule has 0 N–H and O–H groups in total. The maximum atomic E-state index is 12.6. The molecule has 2 bridgehead atoms. The van der Waals surface area contributed by atoms with E-state index in [9.17, 15) is 9.59 Å². The van der Waals surface area contributed by atoms with Crippen LogP contribution >= 0.6 is 0 Å². The number of rotatable bonds is 3. The molecule has 2 amide bonds. The van der Waals surface area contributed by atoms with Crippen molar-refractivity contribution in [3.63, 3.8) is 0 Å². The molecule has 26 heavy (non-hydrogen) atoms. The molecule has 2 aliphatic carbocycles. The lowest BCUT2D eigenvalue weighted by molar-refractivity contribution is -0.140. The summed E-state index contributed by atoms with van der Waals surface area (Å²) < 4.78 is 5.87. The monoisotopic (exact) mass is 353 g/mol. The maximum absolute atomic E-state index is 12.6. The number of anilines is 1. The van der Waals surface area contributed by atoms with Crippen molar-refractivity contribution < 1.29 is 14.0 Å². The third-order valence-corrected chi connectivity index (χ3v) is 6.28. The fraction of sp³-hybridized carbons (Fsp3) is 0.550. The lowest BCUT2D eigenvalue weighted by Gasteiger charge is -2.18. The first-order valence-electron chi connectivity index (χ1n) is 9.67. The molecule has 0 aromatic carbocycles. The highest BCUT2D eigenvalue weighted by atomic mass is 16.4. The second-order valence-corrected chi connectivity index (χ2v) is 7.81. The van der Waals surface area contributed by atoms with E-state index < -0.39 is 0 Å². The summed E-state index contributed by atoms with van der Waals surface area (Å²) in [6.45, 7) is 2.01. The first-order valence-corrected chi connectivity index (χ1v) is 9.67. The number of carbonyl (C=O) groups excluding carboxylic acids is 2. The molecule has 1 aromatic rings.